The largest absolute Gasteiger partial charge is 0.287 e. The van der Waals surface area contributed by atoms with Crippen LogP contribution in [0.15, 0.2) is 40.0 Å². The Kier molecular flexibility index (Phi) is 2.85. The average Bonchev–Trinajstić information content (AvgIpc) is 2.28. The van der Waals surface area contributed by atoms with Gasteiger partial charge in [0.2, 0.25) is 5.91 Å². The van der Waals surface area contributed by atoms with Crippen molar-refractivity contribution in [3.05, 3.63) is 50.9 Å². The molecule has 16 heavy (non-hydrogen) atoms. The van der Waals surface area contributed by atoms with Crippen LogP contribution in [-0.4, -0.2) is 10.9 Å². The Morgan fingerprint density at radius 2 is 2.25 bits per heavy atom. The fraction of sp³-hybridized carbons (Fsp3) is 0. The van der Waals surface area contributed by atoms with Gasteiger partial charge in [-0.3, -0.25) is 9.78 Å². The second kappa shape index (κ2) is 4.30. The quantitative estimate of drug-likeness (QED) is 0.454. The van der Waals surface area contributed by atoms with Crippen LogP contribution in [0.5, 0.6) is 0 Å². The number of azide groups is 1. The topological polar surface area (TPSA) is 78.7 Å². The van der Waals surface area contributed by atoms with Crippen LogP contribution in [0.3, 0.4) is 0 Å². The zero-order valence-corrected chi connectivity index (χ0v) is 9.55. The highest BCUT2D eigenvalue weighted by Crippen LogP contribution is 2.21. The van der Waals surface area contributed by atoms with Crippen molar-refractivity contribution in [2.75, 3.05) is 0 Å². The van der Waals surface area contributed by atoms with Crippen LogP contribution < -0.4 is 0 Å². The summed E-state index contributed by atoms with van der Waals surface area (Å²) in [5.74, 6) is -0.600. The molecule has 1 aromatic carbocycles. The van der Waals surface area contributed by atoms with E-state index in [1.165, 1.54) is 12.3 Å². The molecule has 1 heterocycles. The third kappa shape index (κ3) is 1.88. The number of aromatic nitrogens is 1. The van der Waals surface area contributed by atoms with Crippen molar-refractivity contribution in [2.24, 2.45) is 5.11 Å². The van der Waals surface area contributed by atoms with Gasteiger partial charge in [-0.05, 0) is 28.8 Å². The van der Waals surface area contributed by atoms with Gasteiger partial charge in [0.15, 0.2) is 0 Å². The second-order valence-corrected chi connectivity index (χ2v) is 3.93. The number of halogens is 1. The van der Waals surface area contributed by atoms with E-state index in [-0.39, 0.29) is 0 Å². The molecular weight excluding hydrogens is 272 g/mol. The molecule has 0 saturated carbocycles. The fourth-order valence-electron chi connectivity index (χ4n) is 1.40. The van der Waals surface area contributed by atoms with Crippen LogP contribution in [0.2, 0.25) is 0 Å². The monoisotopic (exact) mass is 276 g/mol. The van der Waals surface area contributed by atoms with Crippen LogP contribution in [0.4, 0.5) is 0 Å². The van der Waals surface area contributed by atoms with Gasteiger partial charge in [0.1, 0.15) is 0 Å². The number of carbonyl (C=O) groups is 1. The molecule has 0 atom stereocenters. The Labute approximate surface area is 98.9 Å². The zero-order valence-electron chi connectivity index (χ0n) is 7.96. The van der Waals surface area contributed by atoms with E-state index in [1.807, 2.05) is 0 Å². The molecule has 78 valence electrons. The smallest absolute Gasteiger partial charge is 0.249 e. The maximum atomic E-state index is 11.5. The van der Waals surface area contributed by atoms with E-state index in [2.05, 4.69) is 30.9 Å². The lowest BCUT2D eigenvalue weighted by molar-refractivity contribution is 0.100. The molecule has 0 spiro atoms. The number of fused-ring (bicyclic) bond motifs is 1. The highest BCUT2D eigenvalue weighted by molar-refractivity contribution is 9.10. The first-order chi connectivity index (χ1) is 7.72. The van der Waals surface area contributed by atoms with Gasteiger partial charge in [-0.15, -0.1) is 0 Å². The first-order valence-electron chi connectivity index (χ1n) is 4.36. The third-order valence-corrected chi connectivity index (χ3v) is 2.56. The van der Waals surface area contributed by atoms with E-state index in [1.54, 1.807) is 18.2 Å². The minimum absolute atomic E-state index is 0.357. The molecule has 0 aliphatic heterocycles. The van der Waals surface area contributed by atoms with E-state index in [4.69, 9.17) is 5.53 Å². The van der Waals surface area contributed by atoms with Gasteiger partial charge in [0.25, 0.3) is 0 Å². The number of hydrogen-bond acceptors (Lipinski definition) is 2. The molecule has 0 aliphatic rings. The molecule has 0 saturated heterocycles. The highest BCUT2D eigenvalue weighted by atomic mass is 79.9. The molecule has 0 unspecified atom stereocenters. The molecule has 0 aliphatic carbocycles. The summed E-state index contributed by atoms with van der Waals surface area (Å²) in [5.41, 5.74) is 9.26. The SMILES string of the molecule is [N-]=[N+]=NC(=O)c1ccnc2cc(Br)ccc12. The van der Waals surface area contributed by atoms with Crippen molar-refractivity contribution < 1.29 is 4.79 Å². The summed E-state index contributed by atoms with van der Waals surface area (Å²) < 4.78 is 0.876. The Morgan fingerprint density at radius 1 is 1.44 bits per heavy atom. The minimum Gasteiger partial charge on any atom is -0.287 e. The first kappa shape index (κ1) is 10.6. The predicted molar refractivity (Wildman–Crippen MR) is 62.9 cm³/mol. The lowest BCUT2D eigenvalue weighted by atomic mass is 10.1. The van der Waals surface area contributed by atoms with E-state index in [0.717, 1.165) is 4.47 Å². The minimum atomic E-state index is -0.600. The van der Waals surface area contributed by atoms with Gasteiger partial charge in [-0.25, -0.2) is 0 Å². The number of amides is 1. The van der Waals surface area contributed by atoms with Crippen molar-refractivity contribution in [1.29, 1.82) is 0 Å². The van der Waals surface area contributed by atoms with Gasteiger partial charge in [-0.1, -0.05) is 22.0 Å². The lowest BCUT2D eigenvalue weighted by Gasteiger charge is -2.01. The Hall–Kier alpha value is -1.91. The molecular formula is C10H5BrN4O. The number of carbonyl (C=O) groups excluding carboxylic acids is 1. The molecule has 1 amide bonds. The van der Waals surface area contributed by atoms with Crippen LogP contribution in [0.1, 0.15) is 10.4 Å². The number of hydrogen-bond donors (Lipinski definition) is 0. The molecule has 0 radical (unpaired) electrons. The van der Waals surface area contributed by atoms with E-state index >= 15 is 0 Å². The number of nitrogens with zero attached hydrogens (tertiary/aromatic N) is 4. The van der Waals surface area contributed by atoms with Gasteiger partial charge < -0.3 is 0 Å². The van der Waals surface area contributed by atoms with Gasteiger partial charge in [-0.2, -0.15) is 0 Å². The second-order valence-electron chi connectivity index (χ2n) is 3.01. The van der Waals surface area contributed by atoms with Crippen LogP contribution in [0.25, 0.3) is 21.3 Å². The van der Waals surface area contributed by atoms with Crippen LogP contribution in [0, 0.1) is 0 Å². The van der Waals surface area contributed by atoms with E-state index in [0.29, 0.717) is 16.5 Å². The van der Waals surface area contributed by atoms with E-state index in [9.17, 15) is 4.79 Å². The Bertz CT molecular complexity index is 619. The lowest BCUT2D eigenvalue weighted by Crippen LogP contribution is -1.95. The molecule has 0 N–H and O–H groups in total. The van der Waals surface area contributed by atoms with Gasteiger partial charge >= 0.3 is 0 Å². The van der Waals surface area contributed by atoms with E-state index < -0.39 is 5.91 Å². The molecule has 2 aromatic rings. The maximum Gasteiger partial charge on any atom is 0.249 e. The first-order valence-corrected chi connectivity index (χ1v) is 5.15. The van der Waals surface area contributed by atoms with Gasteiger partial charge in [0.05, 0.1) is 5.52 Å². The summed E-state index contributed by atoms with van der Waals surface area (Å²) >= 11 is 3.32. The standard InChI is InChI=1S/C10H5BrN4O/c11-6-1-2-7-8(10(16)14-15-12)3-4-13-9(7)5-6/h1-5H. The predicted octanol–water partition coefficient (Wildman–Crippen LogP) is 3.45. The number of pyridine rings is 1. The number of rotatable bonds is 1. The van der Waals surface area contributed by atoms with Crippen LogP contribution in [-0.2, 0) is 0 Å². The summed E-state index contributed by atoms with van der Waals surface area (Å²) in [6, 6.07) is 6.89. The summed E-state index contributed by atoms with van der Waals surface area (Å²) in [4.78, 5) is 18.1. The Balaban J connectivity index is 2.71. The number of benzene rings is 1. The summed E-state index contributed by atoms with van der Waals surface area (Å²) in [7, 11) is 0. The molecule has 6 heteroatoms. The molecule has 0 fully saturated rings. The third-order valence-electron chi connectivity index (χ3n) is 2.07. The molecule has 1 aromatic heterocycles. The fourth-order valence-corrected chi connectivity index (χ4v) is 1.75. The van der Waals surface area contributed by atoms with Crippen molar-refractivity contribution >= 4 is 32.7 Å². The average molecular weight is 277 g/mol. The molecule has 2 rings (SSSR count). The van der Waals surface area contributed by atoms with Crippen molar-refractivity contribution in [2.45, 2.75) is 0 Å². The molecule has 0 bridgehead atoms. The van der Waals surface area contributed by atoms with Crippen molar-refractivity contribution in [3.8, 4) is 0 Å². The normalized spacial score (nSPS) is 9.81. The summed E-state index contributed by atoms with van der Waals surface area (Å²) in [5, 5.41) is 3.74. The maximum absolute atomic E-state index is 11.5. The van der Waals surface area contributed by atoms with Crippen LogP contribution >= 0.6 is 15.9 Å². The van der Waals surface area contributed by atoms with Crippen molar-refractivity contribution in [3.63, 3.8) is 0 Å². The molecule has 5 nitrogen and oxygen atoms in total. The summed E-state index contributed by atoms with van der Waals surface area (Å²) in [6.45, 7) is 0. The summed E-state index contributed by atoms with van der Waals surface area (Å²) in [6.07, 6.45) is 1.51. The Morgan fingerprint density at radius 3 is 3.00 bits per heavy atom. The zero-order chi connectivity index (χ0) is 11.5. The van der Waals surface area contributed by atoms with Gasteiger partial charge in [0, 0.05) is 26.5 Å². The van der Waals surface area contributed by atoms with Crippen molar-refractivity contribution in [1.82, 2.24) is 4.98 Å². The highest BCUT2D eigenvalue weighted by Gasteiger charge is 2.08.